The number of nitrogens with zero attached hydrogens (tertiary/aromatic N) is 1. The van der Waals surface area contributed by atoms with Gasteiger partial charge in [-0.3, -0.25) is 14.9 Å². The number of rotatable bonds is 7. The maximum atomic E-state index is 12.0. The Morgan fingerprint density at radius 2 is 1.80 bits per heavy atom. The van der Waals surface area contributed by atoms with Crippen LogP contribution in [0.3, 0.4) is 0 Å². The number of nitro benzene ring substituents is 1. The number of amides is 1. The van der Waals surface area contributed by atoms with Crippen LogP contribution in [0.15, 0.2) is 48.5 Å². The summed E-state index contributed by atoms with van der Waals surface area (Å²) in [5.74, 6) is -1.13. The molecule has 2 aromatic rings. The SMILES string of the molecule is CCOC(=O)c1ccccc1NC(=O)COc1ccccc1[N+](=O)[O-]. The number of ether oxygens (including phenoxy) is 2. The molecule has 0 aliphatic carbocycles. The minimum atomic E-state index is -0.594. The molecule has 0 unspecified atom stereocenters. The van der Waals surface area contributed by atoms with Crippen LogP contribution in [0.1, 0.15) is 17.3 Å². The highest BCUT2D eigenvalue weighted by atomic mass is 16.6. The van der Waals surface area contributed by atoms with Gasteiger partial charge in [-0.2, -0.15) is 0 Å². The van der Waals surface area contributed by atoms with E-state index in [1.807, 2.05) is 0 Å². The molecule has 1 N–H and O–H groups in total. The first-order valence-corrected chi connectivity index (χ1v) is 7.45. The summed E-state index contributed by atoms with van der Waals surface area (Å²) in [6, 6.07) is 12.1. The van der Waals surface area contributed by atoms with Crippen molar-refractivity contribution in [1.29, 1.82) is 0 Å². The predicted octanol–water partition coefficient (Wildman–Crippen LogP) is 2.79. The van der Waals surface area contributed by atoms with Crippen LogP contribution < -0.4 is 10.1 Å². The molecule has 2 aromatic carbocycles. The lowest BCUT2D eigenvalue weighted by molar-refractivity contribution is -0.385. The molecule has 130 valence electrons. The number of esters is 1. The molecule has 2 rings (SSSR count). The Bertz CT molecular complexity index is 790. The molecule has 8 heteroatoms. The largest absolute Gasteiger partial charge is 0.477 e. The van der Waals surface area contributed by atoms with Crippen LogP contribution in [0, 0.1) is 10.1 Å². The standard InChI is InChI=1S/C17H16N2O6/c1-2-24-17(21)12-7-3-4-8-13(12)18-16(20)11-25-15-10-6-5-9-14(15)19(22)23/h3-10H,2,11H2,1H3,(H,18,20). The Hall–Kier alpha value is -3.42. The molecular weight excluding hydrogens is 328 g/mol. The zero-order chi connectivity index (χ0) is 18.2. The van der Waals surface area contributed by atoms with Gasteiger partial charge in [-0.05, 0) is 25.1 Å². The van der Waals surface area contributed by atoms with E-state index in [9.17, 15) is 19.7 Å². The maximum Gasteiger partial charge on any atom is 0.340 e. The molecule has 0 bridgehead atoms. The molecule has 0 aromatic heterocycles. The van der Waals surface area contributed by atoms with Crippen LogP contribution in [-0.2, 0) is 9.53 Å². The highest BCUT2D eigenvalue weighted by Gasteiger charge is 2.17. The van der Waals surface area contributed by atoms with Crippen molar-refractivity contribution in [2.24, 2.45) is 0 Å². The third-order valence-electron chi connectivity index (χ3n) is 3.12. The lowest BCUT2D eigenvalue weighted by atomic mass is 10.2. The number of carbonyl (C=O) groups excluding carboxylic acids is 2. The van der Waals surface area contributed by atoms with Crippen molar-refractivity contribution in [3.05, 3.63) is 64.2 Å². The van der Waals surface area contributed by atoms with E-state index in [1.165, 1.54) is 24.3 Å². The Balaban J connectivity index is 2.05. The van der Waals surface area contributed by atoms with E-state index in [2.05, 4.69) is 5.32 Å². The Morgan fingerprint density at radius 1 is 1.12 bits per heavy atom. The summed E-state index contributed by atoms with van der Waals surface area (Å²) >= 11 is 0. The van der Waals surface area contributed by atoms with Gasteiger partial charge >= 0.3 is 11.7 Å². The number of carbonyl (C=O) groups is 2. The molecule has 0 atom stereocenters. The summed E-state index contributed by atoms with van der Waals surface area (Å²) in [5.41, 5.74) is 0.253. The molecule has 0 saturated heterocycles. The highest BCUT2D eigenvalue weighted by molar-refractivity contribution is 6.01. The van der Waals surface area contributed by atoms with Crippen LogP contribution >= 0.6 is 0 Å². The van der Waals surface area contributed by atoms with Crippen LogP contribution in [0.4, 0.5) is 11.4 Å². The van der Waals surface area contributed by atoms with Crippen molar-refractivity contribution < 1.29 is 24.0 Å². The quantitative estimate of drug-likeness (QED) is 0.470. The zero-order valence-electron chi connectivity index (χ0n) is 13.4. The molecule has 25 heavy (non-hydrogen) atoms. The average Bonchev–Trinajstić information content (AvgIpc) is 2.60. The van der Waals surface area contributed by atoms with Crippen molar-refractivity contribution >= 4 is 23.3 Å². The van der Waals surface area contributed by atoms with Gasteiger partial charge in [-0.1, -0.05) is 24.3 Å². The van der Waals surface area contributed by atoms with E-state index in [-0.39, 0.29) is 29.3 Å². The number of para-hydroxylation sites is 3. The summed E-state index contributed by atoms with van der Waals surface area (Å²) in [4.78, 5) is 34.2. The van der Waals surface area contributed by atoms with Gasteiger partial charge in [-0.15, -0.1) is 0 Å². The van der Waals surface area contributed by atoms with Crippen LogP contribution in [0.5, 0.6) is 5.75 Å². The number of benzene rings is 2. The number of anilines is 1. The van der Waals surface area contributed by atoms with Crippen molar-refractivity contribution in [2.45, 2.75) is 6.92 Å². The van der Waals surface area contributed by atoms with Crippen molar-refractivity contribution in [3.8, 4) is 5.75 Å². The second-order valence-electron chi connectivity index (χ2n) is 4.83. The van der Waals surface area contributed by atoms with Gasteiger partial charge in [0.05, 0.1) is 22.8 Å². The first-order chi connectivity index (χ1) is 12.0. The van der Waals surface area contributed by atoms with E-state index >= 15 is 0 Å². The number of nitro groups is 1. The number of hydrogen-bond donors (Lipinski definition) is 1. The Morgan fingerprint density at radius 3 is 2.52 bits per heavy atom. The lowest BCUT2D eigenvalue weighted by Crippen LogP contribution is -2.22. The maximum absolute atomic E-state index is 12.0. The van der Waals surface area contributed by atoms with Crippen LogP contribution in [0.2, 0.25) is 0 Å². The van der Waals surface area contributed by atoms with Gasteiger partial charge in [-0.25, -0.2) is 4.79 Å². The van der Waals surface area contributed by atoms with Gasteiger partial charge in [0.25, 0.3) is 5.91 Å². The van der Waals surface area contributed by atoms with Gasteiger partial charge < -0.3 is 14.8 Å². The van der Waals surface area contributed by atoms with Crippen molar-refractivity contribution in [1.82, 2.24) is 0 Å². The molecule has 1 amide bonds. The van der Waals surface area contributed by atoms with E-state index in [0.29, 0.717) is 0 Å². The van der Waals surface area contributed by atoms with Crippen LogP contribution in [-0.4, -0.2) is 30.0 Å². The van der Waals surface area contributed by atoms with Gasteiger partial charge in [0.1, 0.15) is 0 Å². The molecule has 0 heterocycles. The van der Waals surface area contributed by atoms with E-state index in [4.69, 9.17) is 9.47 Å². The third-order valence-corrected chi connectivity index (χ3v) is 3.12. The second-order valence-corrected chi connectivity index (χ2v) is 4.83. The summed E-state index contributed by atoms with van der Waals surface area (Å²) in [5, 5.41) is 13.4. The Kier molecular flexibility index (Phi) is 6.05. The minimum Gasteiger partial charge on any atom is -0.477 e. The minimum absolute atomic E-state index is 0.0127. The van der Waals surface area contributed by atoms with E-state index in [0.717, 1.165) is 0 Å². The fourth-order valence-electron chi connectivity index (χ4n) is 2.04. The van der Waals surface area contributed by atoms with E-state index < -0.39 is 23.4 Å². The van der Waals surface area contributed by atoms with Crippen molar-refractivity contribution in [3.63, 3.8) is 0 Å². The normalized spacial score (nSPS) is 9.96. The molecule has 0 radical (unpaired) electrons. The fraction of sp³-hybridized carbons (Fsp3) is 0.176. The molecule has 0 saturated carbocycles. The number of hydrogen-bond acceptors (Lipinski definition) is 6. The van der Waals surface area contributed by atoms with Crippen molar-refractivity contribution in [2.75, 3.05) is 18.5 Å². The molecule has 0 aliphatic rings. The first-order valence-electron chi connectivity index (χ1n) is 7.45. The van der Waals surface area contributed by atoms with Crippen LogP contribution in [0.25, 0.3) is 0 Å². The lowest BCUT2D eigenvalue weighted by Gasteiger charge is -2.11. The number of nitrogens with one attached hydrogen (secondary N) is 1. The Labute approximate surface area is 143 Å². The van der Waals surface area contributed by atoms with Gasteiger partial charge in [0, 0.05) is 6.07 Å². The predicted molar refractivity (Wildman–Crippen MR) is 89.6 cm³/mol. The monoisotopic (exact) mass is 344 g/mol. The highest BCUT2D eigenvalue weighted by Crippen LogP contribution is 2.25. The summed E-state index contributed by atoms with van der Waals surface area (Å²) < 4.78 is 10.1. The van der Waals surface area contributed by atoms with Gasteiger partial charge in [0.15, 0.2) is 12.4 Å². The first kappa shape index (κ1) is 17.9. The second kappa shape index (κ2) is 8.44. The summed E-state index contributed by atoms with van der Waals surface area (Å²) in [6.07, 6.45) is 0. The van der Waals surface area contributed by atoms with E-state index in [1.54, 1.807) is 31.2 Å². The molecule has 0 aliphatic heterocycles. The topological polar surface area (TPSA) is 108 Å². The fourth-order valence-corrected chi connectivity index (χ4v) is 2.04. The van der Waals surface area contributed by atoms with Gasteiger partial charge in [0.2, 0.25) is 0 Å². The molecule has 0 spiro atoms. The third kappa shape index (κ3) is 4.77. The molecular formula is C17H16N2O6. The molecule has 8 nitrogen and oxygen atoms in total. The smallest absolute Gasteiger partial charge is 0.340 e. The summed E-state index contributed by atoms with van der Waals surface area (Å²) in [6.45, 7) is 1.45. The average molecular weight is 344 g/mol. The summed E-state index contributed by atoms with van der Waals surface area (Å²) in [7, 11) is 0. The molecule has 0 fully saturated rings. The zero-order valence-corrected chi connectivity index (χ0v) is 13.4.